The van der Waals surface area contributed by atoms with Crippen molar-refractivity contribution in [2.24, 2.45) is 0 Å². The van der Waals surface area contributed by atoms with Gasteiger partial charge in [-0.15, -0.1) is 0 Å². The van der Waals surface area contributed by atoms with Crippen molar-refractivity contribution in [1.29, 1.82) is 0 Å². The van der Waals surface area contributed by atoms with Crippen molar-refractivity contribution in [2.75, 3.05) is 50.0 Å². The summed E-state index contributed by atoms with van der Waals surface area (Å²) in [6.07, 6.45) is 3.09. The molecule has 1 aliphatic heterocycles. The molecule has 138 valence electrons. The molecule has 1 aliphatic rings. The van der Waals surface area contributed by atoms with E-state index < -0.39 is 0 Å². The van der Waals surface area contributed by atoms with Crippen molar-refractivity contribution in [3.8, 4) is 0 Å². The lowest BCUT2D eigenvalue weighted by molar-refractivity contribution is 0.0398. The maximum atomic E-state index is 12.4. The van der Waals surface area contributed by atoms with Crippen LogP contribution in [0.4, 0.5) is 11.5 Å². The molecule has 2 N–H and O–H groups in total. The first-order valence-electron chi connectivity index (χ1n) is 8.87. The number of nitrogens with zero attached hydrogens (tertiary/aromatic N) is 3. The van der Waals surface area contributed by atoms with Crippen molar-refractivity contribution in [3.63, 3.8) is 0 Å². The van der Waals surface area contributed by atoms with Gasteiger partial charge in [-0.3, -0.25) is 9.69 Å². The van der Waals surface area contributed by atoms with Crippen LogP contribution in [0.25, 0.3) is 0 Å². The summed E-state index contributed by atoms with van der Waals surface area (Å²) in [5.74, 6) is 0.410. The van der Waals surface area contributed by atoms with E-state index in [9.17, 15) is 4.79 Å². The molecule has 0 radical (unpaired) electrons. The number of aryl methyl sites for hydroxylation is 1. The predicted octanol–water partition coefficient (Wildman–Crippen LogP) is 2.09. The van der Waals surface area contributed by atoms with Gasteiger partial charge in [0.2, 0.25) is 0 Å². The Hall–Kier alpha value is -2.51. The Morgan fingerprint density at radius 1 is 1.19 bits per heavy atom. The van der Waals surface area contributed by atoms with Gasteiger partial charge in [-0.2, -0.15) is 0 Å². The molecule has 3 rings (SSSR count). The molecule has 26 heavy (non-hydrogen) atoms. The number of benzene rings is 1. The van der Waals surface area contributed by atoms with E-state index in [0.29, 0.717) is 11.5 Å². The van der Waals surface area contributed by atoms with E-state index >= 15 is 0 Å². The second-order valence-electron chi connectivity index (χ2n) is 6.37. The van der Waals surface area contributed by atoms with Crippen molar-refractivity contribution in [1.82, 2.24) is 14.9 Å². The van der Waals surface area contributed by atoms with Gasteiger partial charge in [-0.1, -0.05) is 12.1 Å². The Morgan fingerprint density at radius 3 is 2.73 bits per heavy atom. The normalized spacial score (nSPS) is 14.8. The standard InChI is InChI=1S/C19H25N5O2/c1-14-4-3-5-16(15(14)2)23-19(25)17-12-22-18(13-21-17)20-6-7-24-8-10-26-11-9-24/h3-5,12-13H,6-11H2,1-2H3,(H,20,22)(H,23,25). The Labute approximate surface area is 153 Å². The fourth-order valence-corrected chi connectivity index (χ4v) is 2.78. The van der Waals surface area contributed by atoms with Gasteiger partial charge in [0.15, 0.2) is 0 Å². The highest BCUT2D eigenvalue weighted by molar-refractivity contribution is 6.03. The van der Waals surface area contributed by atoms with E-state index in [4.69, 9.17) is 4.74 Å². The first kappa shape index (κ1) is 18.3. The largest absolute Gasteiger partial charge is 0.379 e. The molecule has 0 unspecified atom stereocenters. The highest BCUT2D eigenvalue weighted by Crippen LogP contribution is 2.18. The number of hydrogen-bond donors (Lipinski definition) is 2. The van der Waals surface area contributed by atoms with Crippen LogP contribution in [0, 0.1) is 13.8 Å². The first-order valence-corrected chi connectivity index (χ1v) is 8.87. The second kappa shape index (κ2) is 8.73. The van der Waals surface area contributed by atoms with E-state index in [0.717, 1.165) is 56.2 Å². The fourth-order valence-electron chi connectivity index (χ4n) is 2.78. The molecule has 2 heterocycles. The minimum atomic E-state index is -0.258. The topological polar surface area (TPSA) is 79.4 Å². The van der Waals surface area contributed by atoms with Gasteiger partial charge in [-0.05, 0) is 31.0 Å². The zero-order chi connectivity index (χ0) is 18.4. The molecule has 0 saturated carbocycles. The molecule has 0 bridgehead atoms. The van der Waals surface area contributed by atoms with Crippen LogP contribution in [0.15, 0.2) is 30.6 Å². The molecule has 0 aliphatic carbocycles. The number of hydrogen-bond acceptors (Lipinski definition) is 6. The molecule has 1 saturated heterocycles. The van der Waals surface area contributed by atoms with Gasteiger partial charge in [0, 0.05) is 31.9 Å². The SMILES string of the molecule is Cc1cccc(NC(=O)c2cnc(NCCN3CCOCC3)cn2)c1C. The fraction of sp³-hybridized carbons (Fsp3) is 0.421. The van der Waals surface area contributed by atoms with Gasteiger partial charge in [0.05, 0.1) is 25.6 Å². The Kier molecular flexibility index (Phi) is 6.14. The minimum absolute atomic E-state index is 0.258. The maximum absolute atomic E-state index is 12.4. The van der Waals surface area contributed by atoms with E-state index in [2.05, 4.69) is 25.5 Å². The van der Waals surface area contributed by atoms with E-state index in [-0.39, 0.29) is 5.91 Å². The third kappa shape index (κ3) is 4.77. The van der Waals surface area contributed by atoms with Gasteiger partial charge < -0.3 is 15.4 Å². The Morgan fingerprint density at radius 2 is 2.00 bits per heavy atom. The summed E-state index contributed by atoms with van der Waals surface area (Å²) >= 11 is 0. The Balaban J connectivity index is 1.51. The monoisotopic (exact) mass is 355 g/mol. The van der Waals surface area contributed by atoms with Crippen LogP contribution in [0.5, 0.6) is 0 Å². The lowest BCUT2D eigenvalue weighted by Gasteiger charge is -2.26. The van der Waals surface area contributed by atoms with E-state index in [1.54, 1.807) is 6.20 Å². The van der Waals surface area contributed by atoms with Crippen LogP contribution in [0.2, 0.25) is 0 Å². The minimum Gasteiger partial charge on any atom is -0.379 e. The smallest absolute Gasteiger partial charge is 0.275 e. The number of nitrogens with one attached hydrogen (secondary N) is 2. The van der Waals surface area contributed by atoms with E-state index in [1.165, 1.54) is 6.20 Å². The third-order valence-corrected chi connectivity index (χ3v) is 4.58. The summed E-state index contributed by atoms with van der Waals surface area (Å²) in [7, 11) is 0. The van der Waals surface area contributed by atoms with Crippen molar-refractivity contribution in [2.45, 2.75) is 13.8 Å². The molecule has 7 heteroatoms. The number of rotatable bonds is 6. The van der Waals surface area contributed by atoms with Gasteiger partial charge in [0.25, 0.3) is 5.91 Å². The van der Waals surface area contributed by atoms with E-state index in [1.807, 2.05) is 32.0 Å². The van der Waals surface area contributed by atoms with Crippen LogP contribution in [0.3, 0.4) is 0 Å². The zero-order valence-corrected chi connectivity index (χ0v) is 15.3. The molecule has 1 aromatic heterocycles. The average molecular weight is 355 g/mol. The maximum Gasteiger partial charge on any atom is 0.275 e. The van der Waals surface area contributed by atoms with Crippen LogP contribution in [0.1, 0.15) is 21.6 Å². The second-order valence-corrected chi connectivity index (χ2v) is 6.37. The van der Waals surface area contributed by atoms with Crippen LogP contribution >= 0.6 is 0 Å². The predicted molar refractivity (Wildman–Crippen MR) is 102 cm³/mol. The number of ether oxygens (including phenoxy) is 1. The molecule has 1 amide bonds. The summed E-state index contributed by atoms with van der Waals surface area (Å²) in [6, 6.07) is 5.82. The van der Waals surface area contributed by atoms with Gasteiger partial charge >= 0.3 is 0 Å². The first-order chi connectivity index (χ1) is 12.6. The lowest BCUT2D eigenvalue weighted by atomic mass is 10.1. The van der Waals surface area contributed by atoms with Crippen molar-refractivity contribution < 1.29 is 9.53 Å². The number of carbonyl (C=O) groups excluding carboxylic acids is 1. The lowest BCUT2D eigenvalue weighted by Crippen LogP contribution is -2.39. The molecule has 2 aromatic rings. The number of anilines is 2. The summed E-state index contributed by atoms with van der Waals surface area (Å²) in [5, 5.41) is 6.13. The molecule has 0 spiro atoms. The number of carbonyl (C=O) groups is 1. The van der Waals surface area contributed by atoms with Crippen LogP contribution < -0.4 is 10.6 Å². The summed E-state index contributed by atoms with van der Waals surface area (Å²) < 4.78 is 5.33. The summed E-state index contributed by atoms with van der Waals surface area (Å²) in [4.78, 5) is 23.2. The molecule has 1 aromatic carbocycles. The number of morpholine rings is 1. The van der Waals surface area contributed by atoms with Gasteiger partial charge in [-0.25, -0.2) is 9.97 Å². The highest BCUT2D eigenvalue weighted by atomic mass is 16.5. The van der Waals surface area contributed by atoms with Crippen molar-refractivity contribution >= 4 is 17.4 Å². The highest BCUT2D eigenvalue weighted by Gasteiger charge is 2.12. The number of amides is 1. The Bertz CT molecular complexity index is 742. The van der Waals surface area contributed by atoms with Crippen molar-refractivity contribution in [3.05, 3.63) is 47.4 Å². The van der Waals surface area contributed by atoms with Crippen LogP contribution in [-0.4, -0.2) is 60.2 Å². The summed E-state index contributed by atoms with van der Waals surface area (Å²) in [5.41, 5.74) is 3.28. The quantitative estimate of drug-likeness (QED) is 0.826. The molecule has 0 atom stereocenters. The molecule has 1 fully saturated rings. The number of aromatic nitrogens is 2. The molecular weight excluding hydrogens is 330 g/mol. The zero-order valence-electron chi connectivity index (χ0n) is 15.3. The van der Waals surface area contributed by atoms with Gasteiger partial charge in [0.1, 0.15) is 11.5 Å². The average Bonchev–Trinajstić information content (AvgIpc) is 2.67. The third-order valence-electron chi connectivity index (χ3n) is 4.58. The molecular formula is C19H25N5O2. The molecule has 7 nitrogen and oxygen atoms in total. The summed E-state index contributed by atoms with van der Waals surface area (Å²) in [6.45, 7) is 9.23. The van der Waals surface area contributed by atoms with Crippen LogP contribution in [-0.2, 0) is 4.74 Å².